The summed E-state index contributed by atoms with van der Waals surface area (Å²) in [6.45, 7) is 1.93. The molecular formula is C13H13N3OS. The van der Waals surface area contributed by atoms with Crippen LogP contribution in [0.5, 0.6) is 0 Å². The van der Waals surface area contributed by atoms with Crippen LogP contribution >= 0.6 is 11.3 Å². The Bertz CT molecular complexity index is 589. The van der Waals surface area contributed by atoms with Gasteiger partial charge in [-0.15, -0.1) is 11.3 Å². The standard InChI is InChI=1S/C13H13N3OS/c1-8-12(18-7-15-8)11-10(3-2-6-14-11)13(17)16-9-4-5-9/h2-3,6-7,9H,4-5H2,1H3,(H,16,17). The predicted octanol–water partition coefficient (Wildman–Crippen LogP) is 2.41. The Kier molecular flexibility index (Phi) is 2.83. The van der Waals surface area contributed by atoms with E-state index in [-0.39, 0.29) is 5.91 Å². The van der Waals surface area contributed by atoms with Crippen LogP contribution in [0.15, 0.2) is 23.8 Å². The number of amides is 1. The van der Waals surface area contributed by atoms with Crippen LogP contribution in [0, 0.1) is 6.92 Å². The number of hydrogen-bond donors (Lipinski definition) is 1. The lowest BCUT2D eigenvalue weighted by Crippen LogP contribution is -2.26. The molecule has 0 unspecified atom stereocenters. The largest absolute Gasteiger partial charge is 0.349 e. The number of carbonyl (C=O) groups excluding carboxylic acids is 1. The van der Waals surface area contributed by atoms with Gasteiger partial charge in [-0.1, -0.05) is 0 Å². The second-order valence-electron chi connectivity index (χ2n) is 4.41. The zero-order valence-corrected chi connectivity index (χ0v) is 10.8. The van der Waals surface area contributed by atoms with Gasteiger partial charge in [0.2, 0.25) is 0 Å². The van der Waals surface area contributed by atoms with Crippen molar-refractivity contribution >= 4 is 17.2 Å². The number of thiazole rings is 1. The molecule has 0 spiro atoms. The highest BCUT2D eigenvalue weighted by Gasteiger charge is 2.25. The van der Waals surface area contributed by atoms with Crippen LogP contribution in [-0.4, -0.2) is 21.9 Å². The van der Waals surface area contributed by atoms with E-state index in [0.29, 0.717) is 11.6 Å². The van der Waals surface area contributed by atoms with Crippen LogP contribution in [0.2, 0.25) is 0 Å². The van der Waals surface area contributed by atoms with E-state index in [1.807, 2.05) is 13.0 Å². The molecule has 4 nitrogen and oxygen atoms in total. The Labute approximate surface area is 109 Å². The normalized spacial score (nSPS) is 14.5. The molecule has 2 heterocycles. The average Bonchev–Trinajstić information content (AvgIpc) is 3.09. The molecule has 0 saturated heterocycles. The SMILES string of the molecule is Cc1ncsc1-c1ncccc1C(=O)NC1CC1. The third-order valence-electron chi connectivity index (χ3n) is 2.93. The van der Waals surface area contributed by atoms with E-state index in [1.54, 1.807) is 17.8 Å². The van der Waals surface area contributed by atoms with Crippen molar-refractivity contribution < 1.29 is 4.79 Å². The molecule has 1 aliphatic carbocycles. The van der Waals surface area contributed by atoms with Crippen LogP contribution in [0.3, 0.4) is 0 Å². The summed E-state index contributed by atoms with van der Waals surface area (Å²) in [5.74, 6) is -0.0339. The van der Waals surface area contributed by atoms with Crippen molar-refractivity contribution in [1.82, 2.24) is 15.3 Å². The van der Waals surface area contributed by atoms with E-state index in [0.717, 1.165) is 29.1 Å². The minimum Gasteiger partial charge on any atom is -0.349 e. The summed E-state index contributed by atoms with van der Waals surface area (Å²) >= 11 is 1.52. The van der Waals surface area contributed by atoms with Gasteiger partial charge in [-0.3, -0.25) is 9.78 Å². The number of nitrogens with one attached hydrogen (secondary N) is 1. The smallest absolute Gasteiger partial charge is 0.253 e. The van der Waals surface area contributed by atoms with E-state index in [4.69, 9.17) is 0 Å². The van der Waals surface area contributed by atoms with E-state index >= 15 is 0 Å². The highest BCUT2D eigenvalue weighted by molar-refractivity contribution is 7.13. The molecule has 1 amide bonds. The molecule has 1 fully saturated rings. The van der Waals surface area contributed by atoms with Gasteiger partial charge in [0, 0.05) is 12.2 Å². The van der Waals surface area contributed by atoms with Gasteiger partial charge in [-0.05, 0) is 31.9 Å². The van der Waals surface area contributed by atoms with Crippen molar-refractivity contribution in [3.63, 3.8) is 0 Å². The lowest BCUT2D eigenvalue weighted by Gasteiger charge is -2.07. The number of aryl methyl sites for hydroxylation is 1. The topological polar surface area (TPSA) is 54.9 Å². The average molecular weight is 259 g/mol. The van der Waals surface area contributed by atoms with Crippen molar-refractivity contribution in [3.8, 4) is 10.6 Å². The van der Waals surface area contributed by atoms with Crippen LogP contribution in [0.4, 0.5) is 0 Å². The van der Waals surface area contributed by atoms with E-state index < -0.39 is 0 Å². The zero-order valence-electron chi connectivity index (χ0n) is 10.0. The van der Waals surface area contributed by atoms with Crippen LogP contribution in [0.25, 0.3) is 10.6 Å². The highest BCUT2D eigenvalue weighted by atomic mass is 32.1. The molecule has 0 bridgehead atoms. The summed E-state index contributed by atoms with van der Waals surface area (Å²) in [7, 11) is 0. The summed E-state index contributed by atoms with van der Waals surface area (Å²) in [6, 6.07) is 3.97. The van der Waals surface area contributed by atoms with Crippen LogP contribution < -0.4 is 5.32 Å². The molecule has 2 aromatic rings. The molecule has 2 aromatic heterocycles. The van der Waals surface area contributed by atoms with Crippen LogP contribution in [-0.2, 0) is 0 Å². The molecule has 92 valence electrons. The fraction of sp³-hybridized carbons (Fsp3) is 0.308. The fourth-order valence-electron chi connectivity index (χ4n) is 1.79. The Morgan fingerprint density at radius 3 is 2.94 bits per heavy atom. The van der Waals surface area contributed by atoms with Crippen molar-refractivity contribution in [2.45, 2.75) is 25.8 Å². The van der Waals surface area contributed by atoms with Gasteiger partial charge in [0.1, 0.15) is 0 Å². The van der Waals surface area contributed by atoms with E-state index in [9.17, 15) is 4.79 Å². The van der Waals surface area contributed by atoms with Gasteiger partial charge >= 0.3 is 0 Å². The summed E-state index contributed by atoms with van der Waals surface area (Å²) in [4.78, 5) is 21.7. The summed E-state index contributed by atoms with van der Waals surface area (Å²) in [5, 5.41) is 3.00. The molecule has 0 radical (unpaired) electrons. The zero-order chi connectivity index (χ0) is 12.5. The molecule has 1 N–H and O–H groups in total. The van der Waals surface area contributed by atoms with Gasteiger partial charge in [0.25, 0.3) is 5.91 Å². The van der Waals surface area contributed by atoms with Crippen molar-refractivity contribution in [2.24, 2.45) is 0 Å². The first kappa shape index (κ1) is 11.3. The maximum Gasteiger partial charge on any atom is 0.253 e. The fourth-order valence-corrected chi connectivity index (χ4v) is 2.60. The molecule has 5 heteroatoms. The molecule has 0 atom stereocenters. The second-order valence-corrected chi connectivity index (χ2v) is 5.27. The van der Waals surface area contributed by atoms with Crippen LogP contribution in [0.1, 0.15) is 28.9 Å². The summed E-state index contributed by atoms with van der Waals surface area (Å²) in [5.41, 5.74) is 4.06. The first-order valence-corrected chi connectivity index (χ1v) is 6.80. The number of carbonyl (C=O) groups is 1. The Hall–Kier alpha value is -1.75. The predicted molar refractivity (Wildman–Crippen MR) is 70.6 cm³/mol. The number of rotatable bonds is 3. The van der Waals surface area contributed by atoms with Crippen molar-refractivity contribution in [2.75, 3.05) is 0 Å². The molecule has 1 aliphatic rings. The number of pyridine rings is 1. The maximum absolute atomic E-state index is 12.2. The first-order valence-electron chi connectivity index (χ1n) is 5.92. The lowest BCUT2D eigenvalue weighted by molar-refractivity contribution is 0.0951. The molecular weight excluding hydrogens is 246 g/mol. The summed E-state index contributed by atoms with van der Waals surface area (Å²) in [6.07, 6.45) is 3.88. The van der Waals surface area contributed by atoms with Gasteiger partial charge in [-0.2, -0.15) is 0 Å². The van der Waals surface area contributed by atoms with Crippen molar-refractivity contribution in [3.05, 3.63) is 35.1 Å². The van der Waals surface area contributed by atoms with Gasteiger partial charge < -0.3 is 5.32 Å². The second kappa shape index (κ2) is 4.49. The number of aromatic nitrogens is 2. The molecule has 18 heavy (non-hydrogen) atoms. The third-order valence-corrected chi connectivity index (χ3v) is 3.86. The Morgan fingerprint density at radius 1 is 1.44 bits per heavy atom. The lowest BCUT2D eigenvalue weighted by atomic mass is 10.1. The maximum atomic E-state index is 12.2. The molecule has 3 rings (SSSR count). The third kappa shape index (κ3) is 2.13. The van der Waals surface area contributed by atoms with Gasteiger partial charge in [0.15, 0.2) is 0 Å². The Balaban J connectivity index is 1.99. The minimum atomic E-state index is -0.0339. The van der Waals surface area contributed by atoms with E-state index in [1.165, 1.54) is 11.3 Å². The van der Waals surface area contributed by atoms with Gasteiger partial charge in [0.05, 0.1) is 27.3 Å². The van der Waals surface area contributed by atoms with Gasteiger partial charge in [-0.25, -0.2) is 4.98 Å². The minimum absolute atomic E-state index is 0.0339. The highest BCUT2D eigenvalue weighted by Crippen LogP contribution is 2.28. The number of nitrogens with zero attached hydrogens (tertiary/aromatic N) is 2. The van der Waals surface area contributed by atoms with Crippen molar-refractivity contribution in [1.29, 1.82) is 0 Å². The Morgan fingerprint density at radius 2 is 2.28 bits per heavy atom. The molecule has 1 saturated carbocycles. The molecule has 0 aromatic carbocycles. The molecule has 0 aliphatic heterocycles. The monoisotopic (exact) mass is 259 g/mol. The summed E-state index contributed by atoms with van der Waals surface area (Å²) < 4.78 is 0. The number of hydrogen-bond acceptors (Lipinski definition) is 4. The van der Waals surface area contributed by atoms with E-state index in [2.05, 4.69) is 15.3 Å². The first-order chi connectivity index (χ1) is 8.75. The quantitative estimate of drug-likeness (QED) is 0.921.